The first-order valence-corrected chi connectivity index (χ1v) is 11.1. The number of rotatable bonds is 3. The lowest BCUT2D eigenvalue weighted by Crippen LogP contribution is -2.53. The average molecular weight is 389 g/mol. The smallest absolute Gasteiger partial charge is 0.192 e. The molecule has 0 aliphatic heterocycles. The van der Waals surface area contributed by atoms with E-state index in [-0.39, 0.29) is 22.5 Å². The first kappa shape index (κ1) is 19.2. The minimum atomic E-state index is -0.439. The largest absolute Gasteiger partial charge is 0.299 e. The SMILES string of the molecule is C=C1C2=C(SCCF)C(=O)C=C[C@]2(C)[C@H]2CC[C@]3(C)C(=O)CC[C@H]3[C@@H]2[C@@H]1C. The summed E-state index contributed by atoms with van der Waals surface area (Å²) in [6.07, 6.45) is 7.40. The maximum atomic E-state index is 12.8. The van der Waals surface area contributed by atoms with Gasteiger partial charge in [0.05, 0.1) is 11.6 Å². The molecule has 27 heavy (non-hydrogen) atoms. The summed E-state index contributed by atoms with van der Waals surface area (Å²) in [7, 11) is 0. The van der Waals surface area contributed by atoms with Gasteiger partial charge < -0.3 is 0 Å². The van der Waals surface area contributed by atoms with Crippen LogP contribution in [0.4, 0.5) is 4.39 Å². The van der Waals surface area contributed by atoms with Crippen LogP contribution in [0.25, 0.3) is 0 Å². The van der Waals surface area contributed by atoms with Crippen LogP contribution in [-0.2, 0) is 9.59 Å². The zero-order valence-electron chi connectivity index (χ0n) is 16.5. The summed E-state index contributed by atoms with van der Waals surface area (Å²) in [6.45, 7) is 10.6. The highest BCUT2D eigenvalue weighted by Crippen LogP contribution is 2.66. The number of halogens is 1. The molecule has 0 unspecified atom stereocenters. The lowest BCUT2D eigenvalue weighted by atomic mass is 9.45. The number of fused-ring (bicyclic) bond motifs is 5. The summed E-state index contributed by atoms with van der Waals surface area (Å²) in [4.78, 5) is 25.9. The van der Waals surface area contributed by atoms with Gasteiger partial charge in [-0.2, -0.15) is 0 Å². The zero-order chi connectivity index (χ0) is 19.6. The van der Waals surface area contributed by atoms with Gasteiger partial charge in [-0.15, -0.1) is 11.8 Å². The Kier molecular flexibility index (Phi) is 4.57. The number of carbonyl (C=O) groups is 2. The molecule has 4 aliphatic carbocycles. The van der Waals surface area contributed by atoms with Crippen molar-refractivity contribution in [3.05, 3.63) is 34.8 Å². The van der Waals surface area contributed by atoms with Crippen LogP contribution in [0.15, 0.2) is 34.8 Å². The van der Waals surface area contributed by atoms with Crippen LogP contribution in [0.3, 0.4) is 0 Å². The van der Waals surface area contributed by atoms with Gasteiger partial charge in [0.2, 0.25) is 0 Å². The number of Topliss-reactive ketones (excluding diaryl/α,β-unsaturated/α-hetero) is 1. The maximum Gasteiger partial charge on any atom is 0.192 e. The van der Waals surface area contributed by atoms with Crippen LogP contribution >= 0.6 is 11.8 Å². The molecule has 0 bridgehead atoms. The fourth-order valence-corrected chi connectivity index (χ4v) is 7.67. The predicted molar refractivity (Wildman–Crippen MR) is 108 cm³/mol. The van der Waals surface area contributed by atoms with E-state index in [1.165, 1.54) is 11.8 Å². The van der Waals surface area contributed by atoms with Crippen molar-refractivity contribution >= 4 is 23.3 Å². The molecule has 4 aliphatic rings. The molecule has 0 aromatic carbocycles. The first-order chi connectivity index (χ1) is 12.8. The van der Waals surface area contributed by atoms with Crippen LogP contribution in [0, 0.1) is 34.5 Å². The molecule has 0 heterocycles. The van der Waals surface area contributed by atoms with E-state index in [1.807, 2.05) is 0 Å². The molecule has 3 saturated carbocycles. The second-order valence-electron chi connectivity index (χ2n) is 9.24. The third-order valence-electron chi connectivity index (χ3n) is 8.15. The van der Waals surface area contributed by atoms with Crippen molar-refractivity contribution in [1.29, 1.82) is 0 Å². The summed E-state index contributed by atoms with van der Waals surface area (Å²) in [5.74, 6) is 2.20. The normalized spacial score (nSPS) is 43.6. The lowest BCUT2D eigenvalue weighted by Gasteiger charge is -2.58. The zero-order valence-corrected chi connectivity index (χ0v) is 17.3. The molecule has 2 nitrogen and oxygen atoms in total. The monoisotopic (exact) mass is 388 g/mol. The third-order valence-corrected chi connectivity index (χ3v) is 9.21. The van der Waals surface area contributed by atoms with E-state index in [1.54, 1.807) is 6.08 Å². The van der Waals surface area contributed by atoms with Gasteiger partial charge in [0, 0.05) is 23.0 Å². The number of alkyl halides is 1. The van der Waals surface area contributed by atoms with Crippen molar-refractivity contribution in [2.45, 2.75) is 46.5 Å². The predicted octanol–water partition coefficient (Wildman–Crippen LogP) is 5.31. The highest BCUT2D eigenvalue weighted by Gasteiger charge is 2.61. The maximum absolute atomic E-state index is 12.8. The fraction of sp³-hybridized carbons (Fsp3) is 0.652. The Morgan fingerprint density at radius 3 is 2.70 bits per heavy atom. The molecule has 0 amide bonds. The molecular weight excluding hydrogens is 359 g/mol. The molecule has 4 heteroatoms. The van der Waals surface area contributed by atoms with Gasteiger partial charge in [0.1, 0.15) is 5.78 Å². The Labute approximate surface area is 165 Å². The number of carbonyl (C=O) groups excluding carboxylic acids is 2. The van der Waals surface area contributed by atoms with E-state index in [9.17, 15) is 14.0 Å². The van der Waals surface area contributed by atoms with Crippen LogP contribution < -0.4 is 0 Å². The van der Waals surface area contributed by atoms with Crippen molar-refractivity contribution in [3.8, 4) is 0 Å². The number of allylic oxidation sites excluding steroid dienone is 5. The van der Waals surface area contributed by atoms with Crippen LogP contribution in [0.5, 0.6) is 0 Å². The van der Waals surface area contributed by atoms with Gasteiger partial charge in [-0.3, -0.25) is 14.0 Å². The van der Waals surface area contributed by atoms with Crippen molar-refractivity contribution in [2.24, 2.45) is 34.5 Å². The lowest BCUT2D eigenvalue weighted by molar-refractivity contribution is -0.132. The van der Waals surface area contributed by atoms with E-state index in [4.69, 9.17) is 0 Å². The van der Waals surface area contributed by atoms with Gasteiger partial charge in [0.25, 0.3) is 0 Å². The van der Waals surface area contributed by atoms with Gasteiger partial charge >= 0.3 is 0 Å². The Bertz CT molecular complexity index is 781. The second kappa shape index (κ2) is 6.43. The molecule has 0 aromatic heterocycles. The van der Waals surface area contributed by atoms with Gasteiger partial charge in [0.15, 0.2) is 5.78 Å². The minimum Gasteiger partial charge on any atom is -0.299 e. The first-order valence-electron chi connectivity index (χ1n) is 10.1. The van der Waals surface area contributed by atoms with Gasteiger partial charge in [-0.05, 0) is 60.2 Å². The minimum absolute atomic E-state index is 0.00980. The number of hydrogen-bond donors (Lipinski definition) is 0. The number of ketones is 2. The van der Waals surface area contributed by atoms with Gasteiger partial charge in [-0.1, -0.05) is 33.4 Å². The molecule has 0 saturated heterocycles. The molecule has 6 atom stereocenters. The van der Waals surface area contributed by atoms with Crippen LogP contribution in [0.2, 0.25) is 0 Å². The van der Waals surface area contributed by atoms with Crippen molar-refractivity contribution in [3.63, 3.8) is 0 Å². The fourth-order valence-electron chi connectivity index (χ4n) is 6.68. The molecule has 146 valence electrons. The summed E-state index contributed by atoms with van der Waals surface area (Å²) in [6, 6.07) is 0. The van der Waals surface area contributed by atoms with Crippen molar-refractivity contribution < 1.29 is 14.0 Å². The number of thioether (sulfide) groups is 1. The molecule has 0 aromatic rings. The Morgan fingerprint density at radius 1 is 1.26 bits per heavy atom. The van der Waals surface area contributed by atoms with E-state index in [2.05, 4.69) is 33.4 Å². The molecule has 0 radical (unpaired) electrons. The van der Waals surface area contributed by atoms with E-state index in [0.717, 1.165) is 30.4 Å². The standard InChI is InChI=1S/C23H29FO2S/c1-13-14(2)20-21(27-12-11-24)17(25)8-10-23(20,4)16-7-9-22(3)15(19(13)16)5-6-18(22)26/h8,10,13,15-16,19H,2,5-7,9,11-12H2,1,3-4H3/t13-,15+,16+,19+,22+,23-/m1/s1. The van der Waals surface area contributed by atoms with Crippen LogP contribution in [0.1, 0.15) is 46.5 Å². The highest BCUT2D eigenvalue weighted by atomic mass is 32.2. The Balaban J connectivity index is 1.82. The molecule has 4 rings (SSSR count). The van der Waals surface area contributed by atoms with Crippen molar-refractivity contribution in [1.82, 2.24) is 0 Å². The topological polar surface area (TPSA) is 34.1 Å². The quantitative estimate of drug-likeness (QED) is 0.657. The van der Waals surface area contributed by atoms with E-state index >= 15 is 0 Å². The molecule has 0 spiro atoms. The number of hydrogen-bond acceptors (Lipinski definition) is 3. The summed E-state index contributed by atoms with van der Waals surface area (Å²) in [5, 5.41) is 0. The van der Waals surface area contributed by atoms with Gasteiger partial charge in [-0.25, -0.2) is 0 Å². The third kappa shape index (κ3) is 2.51. The second-order valence-corrected chi connectivity index (χ2v) is 10.3. The summed E-state index contributed by atoms with van der Waals surface area (Å²) >= 11 is 1.34. The average Bonchev–Trinajstić information content (AvgIpc) is 2.94. The highest BCUT2D eigenvalue weighted by molar-refractivity contribution is 8.04. The molecular formula is C23H29FO2S. The Morgan fingerprint density at radius 2 is 2.00 bits per heavy atom. The molecule has 3 fully saturated rings. The summed E-state index contributed by atoms with van der Waals surface area (Å²) in [5.41, 5.74) is 1.65. The summed E-state index contributed by atoms with van der Waals surface area (Å²) < 4.78 is 12.8. The Hall–Kier alpha value is -1.16. The van der Waals surface area contributed by atoms with E-state index < -0.39 is 6.67 Å². The van der Waals surface area contributed by atoms with Crippen molar-refractivity contribution in [2.75, 3.05) is 12.4 Å². The van der Waals surface area contributed by atoms with E-state index in [0.29, 0.717) is 40.6 Å². The van der Waals surface area contributed by atoms with Crippen LogP contribution in [-0.4, -0.2) is 24.0 Å². The molecule has 0 N–H and O–H groups in total.